The highest BCUT2D eigenvalue weighted by Gasteiger charge is 2.24. The summed E-state index contributed by atoms with van der Waals surface area (Å²) in [6, 6.07) is 8.00. The molecule has 1 aliphatic heterocycles. The van der Waals surface area contributed by atoms with E-state index in [4.69, 9.17) is 5.73 Å². The summed E-state index contributed by atoms with van der Waals surface area (Å²) < 4.78 is 0. The van der Waals surface area contributed by atoms with Gasteiger partial charge in [-0.25, -0.2) is 0 Å². The van der Waals surface area contributed by atoms with Crippen molar-refractivity contribution >= 4 is 18.3 Å². The highest BCUT2D eigenvalue weighted by Crippen LogP contribution is 2.13. The molecule has 0 aromatic heterocycles. The lowest BCUT2D eigenvalue weighted by Gasteiger charge is -2.15. The minimum atomic E-state index is 0. The lowest BCUT2D eigenvalue weighted by atomic mass is 10.1. The molecule has 4 heteroatoms. The van der Waals surface area contributed by atoms with Gasteiger partial charge in [0.2, 0.25) is 0 Å². The fraction of sp³-hybridized carbons (Fsp3) is 0.462. The van der Waals surface area contributed by atoms with Crippen molar-refractivity contribution in [2.24, 2.45) is 5.73 Å². The summed E-state index contributed by atoms with van der Waals surface area (Å²) in [5.74, 6) is 0.107. The predicted octanol–water partition coefficient (Wildman–Crippen LogP) is 1.84. The summed E-state index contributed by atoms with van der Waals surface area (Å²) in [5.41, 5.74) is 7.82. The summed E-state index contributed by atoms with van der Waals surface area (Å²) in [7, 11) is 0. The molecule has 1 aromatic rings. The first-order chi connectivity index (χ1) is 7.70. The van der Waals surface area contributed by atoms with Crippen LogP contribution in [0.1, 0.15) is 29.3 Å². The molecule has 3 nitrogen and oxygen atoms in total. The van der Waals surface area contributed by atoms with Crippen LogP contribution < -0.4 is 5.73 Å². The monoisotopic (exact) mass is 254 g/mol. The smallest absolute Gasteiger partial charge is 0.253 e. The number of amides is 1. The van der Waals surface area contributed by atoms with Crippen LogP contribution in [0.3, 0.4) is 0 Å². The number of carbonyl (C=O) groups excluding carboxylic acids is 1. The van der Waals surface area contributed by atoms with Gasteiger partial charge in [0, 0.05) is 24.7 Å². The summed E-state index contributed by atoms with van der Waals surface area (Å²) in [6.45, 7) is 3.58. The minimum absolute atomic E-state index is 0. The molecule has 0 saturated carbocycles. The van der Waals surface area contributed by atoms with E-state index in [1.165, 1.54) is 5.56 Å². The maximum Gasteiger partial charge on any atom is 0.253 e. The fourth-order valence-corrected chi connectivity index (χ4v) is 2.04. The number of carbonyl (C=O) groups is 1. The van der Waals surface area contributed by atoms with Crippen molar-refractivity contribution in [3.63, 3.8) is 0 Å². The van der Waals surface area contributed by atoms with E-state index in [1.807, 2.05) is 29.2 Å². The van der Waals surface area contributed by atoms with Gasteiger partial charge in [0.05, 0.1) is 0 Å². The Balaban J connectivity index is 0.00000144. The van der Waals surface area contributed by atoms with Crippen molar-refractivity contribution in [1.82, 2.24) is 4.90 Å². The molecule has 1 saturated heterocycles. The van der Waals surface area contributed by atoms with Crippen molar-refractivity contribution in [2.45, 2.75) is 25.8 Å². The molecule has 0 aliphatic carbocycles. The first kappa shape index (κ1) is 14.0. The molecule has 1 unspecified atom stereocenters. The lowest BCUT2D eigenvalue weighted by Crippen LogP contribution is -2.31. The van der Waals surface area contributed by atoms with E-state index in [0.29, 0.717) is 6.54 Å². The third-order valence-corrected chi connectivity index (χ3v) is 3.12. The molecule has 94 valence electrons. The van der Waals surface area contributed by atoms with E-state index in [-0.39, 0.29) is 24.4 Å². The van der Waals surface area contributed by atoms with Crippen LogP contribution in [0.25, 0.3) is 0 Å². The number of hydrogen-bond acceptors (Lipinski definition) is 2. The first-order valence-electron chi connectivity index (χ1n) is 5.84. The molecule has 2 N–H and O–H groups in total. The van der Waals surface area contributed by atoms with Crippen LogP contribution in [-0.2, 0) is 6.42 Å². The highest BCUT2D eigenvalue weighted by atomic mass is 35.5. The van der Waals surface area contributed by atoms with Crippen LogP contribution in [0.15, 0.2) is 24.3 Å². The van der Waals surface area contributed by atoms with Gasteiger partial charge in [0.15, 0.2) is 0 Å². The number of benzene rings is 1. The number of hydrogen-bond donors (Lipinski definition) is 1. The van der Waals surface area contributed by atoms with E-state index in [1.54, 1.807) is 0 Å². The SMILES string of the molecule is CCc1ccc(C(=O)N2CCC(N)C2)cc1.Cl. The molecule has 1 amide bonds. The summed E-state index contributed by atoms with van der Waals surface area (Å²) in [4.78, 5) is 13.9. The number of nitrogens with two attached hydrogens (primary N) is 1. The number of halogens is 1. The zero-order valence-corrected chi connectivity index (χ0v) is 10.9. The van der Waals surface area contributed by atoms with Gasteiger partial charge in [0.25, 0.3) is 5.91 Å². The normalized spacial score (nSPS) is 18.9. The topological polar surface area (TPSA) is 46.3 Å². The Hall–Kier alpha value is -1.06. The standard InChI is InChI=1S/C13H18N2O.ClH/c1-2-10-3-5-11(6-4-10)13(16)15-8-7-12(14)9-15;/h3-6,12H,2,7-9,14H2,1H3;1H. The lowest BCUT2D eigenvalue weighted by molar-refractivity contribution is 0.0791. The summed E-state index contributed by atoms with van der Waals surface area (Å²) >= 11 is 0. The second-order valence-corrected chi connectivity index (χ2v) is 4.35. The molecule has 1 heterocycles. The molecule has 1 aliphatic rings. The number of likely N-dealkylation sites (tertiary alicyclic amines) is 1. The molecular weight excluding hydrogens is 236 g/mol. The first-order valence-corrected chi connectivity index (χ1v) is 5.84. The van der Waals surface area contributed by atoms with Crippen LogP contribution in [0.2, 0.25) is 0 Å². The minimum Gasteiger partial charge on any atom is -0.337 e. The largest absolute Gasteiger partial charge is 0.337 e. The summed E-state index contributed by atoms with van der Waals surface area (Å²) in [5, 5.41) is 0. The highest BCUT2D eigenvalue weighted by molar-refractivity contribution is 5.94. The van der Waals surface area contributed by atoms with Gasteiger partial charge in [-0.3, -0.25) is 4.79 Å². The van der Waals surface area contributed by atoms with E-state index in [2.05, 4.69) is 6.92 Å². The Kier molecular flexibility index (Phi) is 4.97. The van der Waals surface area contributed by atoms with Gasteiger partial charge in [0.1, 0.15) is 0 Å². The number of rotatable bonds is 2. The van der Waals surface area contributed by atoms with Crippen LogP contribution in [0.5, 0.6) is 0 Å². The second-order valence-electron chi connectivity index (χ2n) is 4.35. The van der Waals surface area contributed by atoms with Gasteiger partial charge in [-0.2, -0.15) is 0 Å². The van der Waals surface area contributed by atoms with Crippen LogP contribution >= 0.6 is 12.4 Å². The fourth-order valence-electron chi connectivity index (χ4n) is 2.04. The Labute approximate surface area is 108 Å². The van der Waals surface area contributed by atoms with Crippen LogP contribution in [0, 0.1) is 0 Å². The zero-order chi connectivity index (χ0) is 11.5. The van der Waals surface area contributed by atoms with E-state index < -0.39 is 0 Å². The molecular formula is C13H19ClN2O. The molecule has 1 atom stereocenters. The van der Waals surface area contributed by atoms with E-state index >= 15 is 0 Å². The molecule has 2 rings (SSSR count). The van der Waals surface area contributed by atoms with Crippen molar-refractivity contribution in [3.05, 3.63) is 35.4 Å². The van der Waals surface area contributed by atoms with Crippen LogP contribution in [0.4, 0.5) is 0 Å². The van der Waals surface area contributed by atoms with Crippen molar-refractivity contribution in [2.75, 3.05) is 13.1 Å². The molecule has 0 bridgehead atoms. The van der Waals surface area contributed by atoms with Gasteiger partial charge in [-0.05, 0) is 30.5 Å². The van der Waals surface area contributed by atoms with Gasteiger partial charge in [-0.1, -0.05) is 19.1 Å². The quantitative estimate of drug-likeness (QED) is 0.876. The molecule has 0 radical (unpaired) electrons. The van der Waals surface area contributed by atoms with Gasteiger partial charge < -0.3 is 10.6 Å². The summed E-state index contributed by atoms with van der Waals surface area (Å²) in [6.07, 6.45) is 1.92. The molecule has 17 heavy (non-hydrogen) atoms. The zero-order valence-electron chi connectivity index (χ0n) is 10.1. The van der Waals surface area contributed by atoms with Crippen molar-refractivity contribution in [1.29, 1.82) is 0 Å². The van der Waals surface area contributed by atoms with Gasteiger partial charge >= 0.3 is 0 Å². The third-order valence-electron chi connectivity index (χ3n) is 3.12. The van der Waals surface area contributed by atoms with Gasteiger partial charge in [-0.15, -0.1) is 12.4 Å². The Morgan fingerprint density at radius 2 is 2.06 bits per heavy atom. The Bertz CT molecular complexity index is 378. The van der Waals surface area contributed by atoms with Crippen LogP contribution in [-0.4, -0.2) is 29.9 Å². The average Bonchev–Trinajstić information content (AvgIpc) is 2.75. The Morgan fingerprint density at radius 3 is 2.53 bits per heavy atom. The number of aryl methyl sites for hydroxylation is 1. The number of nitrogens with zero attached hydrogens (tertiary/aromatic N) is 1. The maximum absolute atomic E-state index is 12.1. The molecule has 0 spiro atoms. The average molecular weight is 255 g/mol. The second kappa shape index (κ2) is 6.03. The van der Waals surface area contributed by atoms with Crippen molar-refractivity contribution < 1.29 is 4.79 Å². The molecule has 1 aromatic carbocycles. The maximum atomic E-state index is 12.1. The van der Waals surface area contributed by atoms with Crippen molar-refractivity contribution in [3.8, 4) is 0 Å². The molecule has 1 fully saturated rings. The van der Waals surface area contributed by atoms with E-state index in [9.17, 15) is 4.79 Å². The third kappa shape index (κ3) is 3.20. The van der Waals surface area contributed by atoms with E-state index in [0.717, 1.165) is 24.9 Å². The Morgan fingerprint density at radius 1 is 1.41 bits per heavy atom. The predicted molar refractivity (Wildman–Crippen MR) is 71.6 cm³/mol.